The Hall–Kier alpha value is -1.92. The number of nitrogens with zero attached hydrogens (tertiary/aromatic N) is 1. The molecule has 1 aliphatic rings. The monoisotopic (exact) mass is 264 g/mol. The van der Waals surface area contributed by atoms with E-state index in [0.29, 0.717) is 5.69 Å². The Balaban J connectivity index is 1.96. The number of hydrogen-bond donors (Lipinski definition) is 3. The molecule has 0 aliphatic carbocycles. The van der Waals surface area contributed by atoms with Gasteiger partial charge in [-0.1, -0.05) is 17.7 Å². The lowest BCUT2D eigenvalue weighted by Crippen LogP contribution is -2.38. The summed E-state index contributed by atoms with van der Waals surface area (Å²) >= 11 is 0. The molecular formula is C13H16N2O4. The van der Waals surface area contributed by atoms with Crippen LogP contribution in [-0.4, -0.2) is 52.2 Å². The number of anilines is 1. The van der Waals surface area contributed by atoms with Crippen LogP contribution < -0.4 is 5.32 Å². The third-order valence-corrected chi connectivity index (χ3v) is 3.05. The van der Waals surface area contributed by atoms with Crippen LogP contribution in [0.3, 0.4) is 0 Å². The predicted octanol–water partition coefficient (Wildman–Crippen LogP) is -0.502. The zero-order chi connectivity index (χ0) is 14.0. The van der Waals surface area contributed by atoms with Crippen molar-refractivity contribution in [3.63, 3.8) is 0 Å². The molecule has 6 heteroatoms. The van der Waals surface area contributed by atoms with Crippen LogP contribution in [0.5, 0.6) is 0 Å². The van der Waals surface area contributed by atoms with Gasteiger partial charge in [0.1, 0.15) is 0 Å². The number of rotatable bonds is 1. The first-order valence-corrected chi connectivity index (χ1v) is 6.00. The molecule has 1 aromatic carbocycles. The SMILES string of the molecule is Cc1ccc(NC(=O)C(=O)N2C[C@@H](O)[C@@H](O)C2)cc1. The molecule has 0 spiro atoms. The second-order valence-electron chi connectivity index (χ2n) is 4.66. The fourth-order valence-corrected chi connectivity index (χ4v) is 1.90. The van der Waals surface area contributed by atoms with Crippen molar-refractivity contribution >= 4 is 17.5 Å². The topological polar surface area (TPSA) is 89.9 Å². The summed E-state index contributed by atoms with van der Waals surface area (Å²) in [6.07, 6.45) is -1.98. The highest BCUT2D eigenvalue weighted by Gasteiger charge is 2.35. The van der Waals surface area contributed by atoms with E-state index in [2.05, 4.69) is 5.32 Å². The minimum Gasteiger partial charge on any atom is -0.388 e. The number of aryl methyl sites for hydroxylation is 1. The molecule has 6 nitrogen and oxygen atoms in total. The average molecular weight is 264 g/mol. The number of nitrogens with one attached hydrogen (secondary N) is 1. The summed E-state index contributed by atoms with van der Waals surface area (Å²) in [5.74, 6) is -1.53. The van der Waals surface area contributed by atoms with Gasteiger partial charge < -0.3 is 20.4 Å². The van der Waals surface area contributed by atoms with Gasteiger partial charge in [-0.2, -0.15) is 0 Å². The quantitative estimate of drug-likeness (QED) is 0.596. The van der Waals surface area contributed by atoms with Gasteiger partial charge in [-0.15, -0.1) is 0 Å². The van der Waals surface area contributed by atoms with Crippen molar-refractivity contribution in [1.29, 1.82) is 0 Å². The van der Waals surface area contributed by atoms with E-state index in [1.165, 1.54) is 0 Å². The Bertz CT molecular complexity index is 476. The Kier molecular flexibility index (Phi) is 3.82. The standard InChI is InChI=1S/C13H16N2O4/c1-8-2-4-9(5-3-8)14-12(18)13(19)15-6-10(16)11(17)7-15/h2-5,10-11,16-17H,6-7H2,1H3,(H,14,18)/t10-,11+. The molecule has 0 aromatic heterocycles. The van der Waals surface area contributed by atoms with E-state index < -0.39 is 24.0 Å². The molecule has 1 saturated heterocycles. The van der Waals surface area contributed by atoms with Crippen molar-refractivity contribution < 1.29 is 19.8 Å². The zero-order valence-corrected chi connectivity index (χ0v) is 10.5. The molecule has 0 bridgehead atoms. The van der Waals surface area contributed by atoms with Gasteiger partial charge >= 0.3 is 11.8 Å². The lowest BCUT2D eigenvalue weighted by atomic mass is 10.2. The second-order valence-corrected chi connectivity index (χ2v) is 4.66. The molecule has 1 aromatic rings. The maximum Gasteiger partial charge on any atom is 0.313 e. The van der Waals surface area contributed by atoms with Crippen LogP contribution in [0.25, 0.3) is 0 Å². The van der Waals surface area contributed by atoms with Gasteiger partial charge in [0.2, 0.25) is 0 Å². The fourth-order valence-electron chi connectivity index (χ4n) is 1.90. The number of β-amino-alcohol motifs (C(OH)–C–C–N with tert-alkyl or cyclic N) is 2. The summed E-state index contributed by atoms with van der Waals surface area (Å²) in [6.45, 7) is 1.87. The maximum atomic E-state index is 11.8. The van der Waals surface area contributed by atoms with Crippen LogP contribution in [-0.2, 0) is 9.59 Å². The zero-order valence-electron chi connectivity index (χ0n) is 10.5. The van der Waals surface area contributed by atoms with Crippen LogP contribution in [0.2, 0.25) is 0 Å². The minimum atomic E-state index is -0.990. The summed E-state index contributed by atoms with van der Waals surface area (Å²) in [5, 5.41) is 21.2. The van der Waals surface area contributed by atoms with E-state index in [4.69, 9.17) is 0 Å². The van der Waals surface area contributed by atoms with Crippen molar-refractivity contribution in [1.82, 2.24) is 4.90 Å². The summed E-state index contributed by atoms with van der Waals surface area (Å²) in [6, 6.07) is 7.05. The largest absolute Gasteiger partial charge is 0.388 e. The van der Waals surface area contributed by atoms with E-state index in [0.717, 1.165) is 10.5 Å². The van der Waals surface area contributed by atoms with Gasteiger partial charge in [0, 0.05) is 18.8 Å². The van der Waals surface area contributed by atoms with Crippen molar-refractivity contribution in [2.24, 2.45) is 0 Å². The summed E-state index contributed by atoms with van der Waals surface area (Å²) in [5.41, 5.74) is 1.58. The van der Waals surface area contributed by atoms with Crippen molar-refractivity contribution in [3.05, 3.63) is 29.8 Å². The minimum absolute atomic E-state index is 0.0265. The molecule has 0 unspecified atom stereocenters. The van der Waals surface area contributed by atoms with Crippen molar-refractivity contribution in [3.8, 4) is 0 Å². The van der Waals surface area contributed by atoms with Crippen molar-refractivity contribution in [2.45, 2.75) is 19.1 Å². The van der Waals surface area contributed by atoms with E-state index in [9.17, 15) is 19.8 Å². The maximum absolute atomic E-state index is 11.8. The summed E-state index contributed by atoms with van der Waals surface area (Å²) < 4.78 is 0. The molecule has 2 rings (SSSR count). The molecule has 19 heavy (non-hydrogen) atoms. The molecule has 1 fully saturated rings. The Labute approximate surface area is 110 Å². The van der Waals surface area contributed by atoms with Gasteiger partial charge in [-0.05, 0) is 19.1 Å². The van der Waals surface area contributed by atoms with E-state index in [-0.39, 0.29) is 13.1 Å². The third kappa shape index (κ3) is 3.10. The highest BCUT2D eigenvalue weighted by Crippen LogP contribution is 2.12. The van der Waals surface area contributed by atoms with Gasteiger partial charge in [0.15, 0.2) is 0 Å². The van der Waals surface area contributed by atoms with Gasteiger partial charge in [-0.25, -0.2) is 0 Å². The summed E-state index contributed by atoms with van der Waals surface area (Å²) in [7, 11) is 0. The highest BCUT2D eigenvalue weighted by atomic mass is 16.3. The lowest BCUT2D eigenvalue weighted by Gasteiger charge is -2.14. The van der Waals surface area contributed by atoms with Gasteiger partial charge in [-0.3, -0.25) is 9.59 Å². The first-order chi connectivity index (χ1) is 8.97. The number of benzene rings is 1. The highest BCUT2D eigenvalue weighted by molar-refractivity contribution is 6.39. The van der Waals surface area contributed by atoms with Crippen LogP contribution in [0, 0.1) is 6.92 Å². The molecule has 3 N–H and O–H groups in total. The van der Waals surface area contributed by atoms with E-state index in [1.54, 1.807) is 12.1 Å². The van der Waals surface area contributed by atoms with Crippen LogP contribution >= 0.6 is 0 Å². The number of amides is 2. The number of aliphatic hydroxyl groups excluding tert-OH is 2. The Morgan fingerprint density at radius 3 is 2.21 bits per heavy atom. The number of carbonyl (C=O) groups is 2. The molecule has 1 aliphatic heterocycles. The summed E-state index contributed by atoms with van der Waals surface area (Å²) in [4.78, 5) is 24.7. The molecule has 2 amide bonds. The Morgan fingerprint density at radius 1 is 1.16 bits per heavy atom. The smallest absolute Gasteiger partial charge is 0.313 e. The first-order valence-electron chi connectivity index (χ1n) is 6.00. The van der Waals surface area contributed by atoms with Crippen LogP contribution in [0.15, 0.2) is 24.3 Å². The Morgan fingerprint density at radius 2 is 1.68 bits per heavy atom. The fraction of sp³-hybridized carbons (Fsp3) is 0.385. The van der Waals surface area contributed by atoms with Gasteiger partial charge in [0.05, 0.1) is 12.2 Å². The first kappa shape index (κ1) is 13.5. The van der Waals surface area contributed by atoms with Crippen LogP contribution in [0.4, 0.5) is 5.69 Å². The van der Waals surface area contributed by atoms with E-state index in [1.807, 2.05) is 19.1 Å². The molecule has 1 heterocycles. The second kappa shape index (κ2) is 5.38. The molecule has 0 saturated carbocycles. The van der Waals surface area contributed by atoms with Crippen LogP contribution in [0.1, 0.15) is 5.56 Å². The molecule has 2 atom stereocenters. The lowest BCUT2D eigenvalue weighted by molar-refractivity contribution is -0.142. The van der Waals surface area contributed by atoms with Gasteiger partial charge in [0.25, 0.3) is 0 Å². The third-order valence-electron chi connectivity index (χ3n) is 3.05. The normalized spacial score (nSPS) is 22.4. The number of hydrogen-bond acceptors (Lipinski definition) is 4. The molecule has 0 radical (unpaired) electrons. The average Bonchev–Trinajstić information content (AvgIpc) is 2.71. The number of aliphatic hydroxyl groups is 2. The number of carbonyl (C=O) groups excluding carboxylic acids is 2. The van der Waals surface area contributed by atoms with E-state index >= 15 is 0 Å². The molecule has 102 valence electrons. The van der Waals surface area contributed by atoms with Crippen molar-refractivity contribution in [2.75, 3.05) is 18.4 Å². The number of likely N-dealkylation sites (tertiary alicyclic amines) is 1. The predicted molar refractivity (Wildman–Crippen MR) is 68.4 cm³/mol. The molecular weight excluding hydrogens is 248 g/mol.